The number of methoxy groups -OCH3 is 2. The van der Waals surface area contributed by atoms with Crippen LogP contribution in [0.25, 0.3) is 0 Å². The lowest BCUT2D eigenvalue weighted by molar-refractivity contribution is 0.338. The van der Waals surface area contributed by atoms with Gasteiger partial charge in [0.1, 0.15) is 0 Å². The highest BCUT2D eigenvalue weighted by Crippen LogP contribution is 2.38. The van der Waals surface area contributed by atoms with Crippen molar-refractivity contribution < 1.29 is 14.6 Å². The predicted octanol–water partition coefficient (Wildman–Crippen LogP) is 2.80. The second kappa shape index (κ2) is 7.84. The number of phenolic OH excluding ortho intramolecular Hbond substituents is 1. The highest BCUT2D eigenvalue weighted by molar-refractivity contribution is 5.85. The molecule has 0 heterocycles. The maximum absolute atomic E-state index is 9.76. The second-order valence-corrected chi connectivity index (χ2v) is 3.75. The standard InChI is InChI=1S/C13H19NO3.ClH/c1-4-5-6-10(14)9-7-11(16-2)13(15)12(8-9)17-3;/h4,7-8,10,15H,1,5-6,14H2,2-3H3;1H/t10-;/m1./s1. The van der Waals surface area contributed by atoms with E-state index in [2.05, 4.69) is 6.58 Å². The third-order valence-corrected chi connectivity index (χ3v) is 2.61. The first-order valence-corrected chi connectivity index (χ1v) is 5.45. The lowest BCUT2D eigenvalue weighted by Gasteiger charge is -2.15. The van der Waals surface area contributed by atoms with Crippen LogP contribution in [0.4, 0.5) is 0 Å². The summed E-state index contributed by atoms with van der Waals surface area (Å²) in [7, 11) is 2.99. The number of aromatic hydroxyl groups is 1. The first kappa shape index (κ1) is 16.6. The number of halogens is 1. The molecule has 0 radical (unpaired) electrons. The number of benzene rings is 1. The monoisotopic (exact) mass is 273 g/mol. The van der Waals surface area contributed by atoms with Crippen molar-refractivity contribution >= 4 is 12.4 Å². The fraction of sp³-hybridized carbons (Fsp3) is 0.385. The topological polar surface area (TPSA) is 64.7 Å². The van der Waals surface area contributed by atoms with Gasteiger partial charge in [-0.15, -0.1) is 19.0 Å². The Morgan fingerprint density at radius 1 is 1.33 bits per heavy atom. The van der Waals surface area contributed by atoms with Gasteiger partial charge in [-0.05, 0) is 30.5 Å². The van der Waals surface area contributed by atoms with Gasteiger partial charge in [0.2, 0.25) is 5.75 Å². The van der Waals surface area contributed by atoms with Crippen LogP contribution in [0.1, 0.15) is 24.4 Å². The smallest absolute Gasteiger partial charge is 0.200 e. The van der Waals surface area contributed by atoms with E-state index in [9.17, 15) is 5.11 Å². The molecule has 102 valence electrons. The molecular formula is C13H20ClNO3. The van der Waals surface area contributed by atoms with E-state index in [1.54, 1.807) is 12.1 Å². The number of phenols is 1. The van der Waals surface area contributed by atoms with Crippen molar-refractivity contribution in [3.8, 4) is 17.2 Å². The molecule has 0 bridgehead atoms. The Labute approximate surface area is 114 Å². The number of hydrogen-bond donors (Lipinski definition) is 2. The lowest BCUT2D eigenvalue weighted by Crippen LogP contribution is -2.10. The molecule has 0 amide bonds. The third-order valence-electron chi connectivity index (χ3n) is 2.61. The van der Waals surface area contributed by atoms with Gasteiger partial charge >= 0.3 is 0 Å². The molecule has 0 aliphatic heterocycles. The van der Waals surface area contributed by atoms with Gasteiger partial charge in [0.25, 0.3) is 0 Å². The summed E-state index contributed by atoms with van der Waals surface area (Å²) in [4.78, 5) is 0. The Bertz CT molecular complexity index is 371. The predicted molar refractivity (Wildman–Crippen MR) is 74.8 cm³/mol. The van der Waals surface area contributed by atoms with Crippen molar-refractivity contribution in [2.24, 2.45) is 5.73 Å². The van der Waals surface area contributed by atoms with E-state index in [1.807, 2.05) is 6.08 Å². The van der Waals surface area contributed by atoms with E-state index in [0.29, 0.717) is 11.5 Å². The third kappa shape index (κ3) is 3.82. The van der Waals surface area contributed by atoms with Gasteiger partial charge in [-0.1, -0.05) is 6.08 Å². The van der Waals surface area contributed by atoms with Crippen molar-refractivity contribution in [2.75, 3.05) is 14.2 Å². The van der Waals surface area contributed by atoms with Crippen LogP contribution in [0, 0.1) is 0 Å². The molecule has 0 saturated carbocycles. The molecule has 3 N–H and O–H groups in total. The van der Waals surface area contributed by atoms with Gasteiger partial charge in [0.15, 0.2) is 11.5 Å². The Morgan fingerprint density at radius 3 is 2.22 bits per heavy atom. The minimum absolute atomic E-state index is 0. The summed E-state index contributed by atoms with van der Waals surface area (Å²) >= 11 is 0. The van der Waals surface area contributed by atoms with E-state index >= 15 is 0 Å². The van der Waals surface area contributed by atoms with Crippen LogP contribution in [-0.2, 0) is 0 Å². The fourth-order valence-electron chi connectivity index (χ4n) is 1.59. The molecule has 0 unspecified atom stereocenters. The number of ether oxygens (including phenoxy) is 2. The Hall–Kier alpha value is -1.39. The molecular weight excluding hydrogens is 254 g/mol. The van der Waals surface area contributed by atoms with Crippen LogP contribution in [0.3, 0.4) is 0 Å². The summed E-state index contributed by atoms with van der Waals surface area (Å²) in [5.74, 6) is 0.733. The Kier molecular flexibility index (Phi) is 7.24. The van der Waals surface area contributed by atoms with Crippen LogP contribution < -0.4 is 15.2 Å². The highest BCUT2D eigenvalue weighted by atomic mass is 35.5. The summed E-state index contributed by atoms with van der Waals surface area (Å²) in [5, 5.41) is 9.76. The maximum Gasteiger partial charge on any atom is 0.200 e. The molecule has 5 heteroatoms. The molecule has 0 saturated heterocycles. The molecule has 0 fully saturated rings. The fourth-order valence-corrected chi connectivity index (χ4v) is 1.59. The SMILES string of the molecule is C=CCC[C@@H](N)c1cc(OC)c(O)c(OC)c1.Cl. The van der Waals surface area contributed by atoms with Gasteiger partial charge in [-0.25, -0.2) is 0 Å². The highest BCUT2D eigenvalue weighted by Gasteiger charge is 2.14. The summed E-state index contributed by atoms with van der Waals surface area (Å²) in [6, 6.07) is 3.33. The number of allylic oxidation sites excluding steroid dienone is 1. The molecule has 0 aromatic heterocycles. The number of nitrogens with two attached hydrogens (primary N) is 1. The van der Waals surface area contributed by atoms with E-state index < -0.39 is 0 Å². The Balaban J connectivity index is 0.00000289. The van der Waals surface area contributed by atoms with Crippen LogP contribution in [-0.4, -0.2) is 19.3 Å². The van der Waals surface area contributed by atoms with Gasteiger partial charge in [0.05, 0.1) is 14.2 Å². The summed E-state index contributed by atoms with van der Waals surface area (Å²) in [6.07, 6.45) is 3.46. The first-order chi connectivity index (χ1) is 8.13. The molecule has 0 spiro atoms. The van der Waals surface area contributed by atoms with Crippen molar-refractivity contribution in [1.29, 1.82) is 0 Å². The average Bonchev–Trinajstić information content (AvgIpc) is 2.36. The molecule has 1 aromatic rings. The second-order valence-electron chi connectivity index (χ2n) is 3.75. The molecule has 4 nitrogen and oxygen atoms in total. The van der Waals surface area contributed by atoms with E-state index in [4.69, 9.17) is 15.2 Å². The van der Waals surface area contributed by atoms with Gasteiger partial charge in [0, 0.05) is 6.04 Å². The van der Waals surface area contributed by atoms with Gasteiger partial charge < -0.3 is 20.3 Å². The van der Waals surface area contributed by atoms with Crippen molar-refractivity contribution in [3.05, 3.63) is 30.4 Å². The average molecular weight is 274 g/mol. The van der Waals surface area contributed by atoms with Gasteiger partial charge in [-0.3, -0.25) is 0 Å². The number of rotatable bonds is 6. The van der Waals surface area contributed by atoms with Crippen molar-refractivity contribution in [1.82, 2.24) is 0 Å². The maximum atomic E-state index is 9.76. The molecule has 1 atom stereocenters. The van der Waals surface area contributed by atoms with Crippen molar-refractivity contribution in [3.63, 3.8) is 0 Å². The summed E-state index contributed by atoms with van der Waals surface area (Å²) in [6.45, 7) is 3.66. The summed E-state index contributed by atoms with van der Waals surface area (Å²) < 4.78 is 10.2. The van der Waals surface area contributed by atoms with E-state index in [0.717, 1.165) is 18.4 Å². The first-order valence-electron chi connectivity index (χ1n) is 5.45. The minimum atomic E-state index is -0.128. The van der Waals surface area contributed by atoms with E-state index in [-0.39, 0.29) is 24.2 Å². The molecule has 18 heavy (non-hydrogen) atoms. The van der Waals surface area contributed by atoms with Crippen LogP contribution in [0.5, 0.6) is 17.2 Å². The lowest BCUT2D eigenvalue weighted by atomic mass is 10.0. The van der Waals surface area contributed by atoms with Crippen molar-refractivity contribution in [2.45, 2.75) is 18.9 Å². The van der Waals surface area contributed by atoms with Gasteiger partial charge in [-0.2, -0.15) is 0 Å². The molecule has 1 aromatic carbocycles. The Morgan fingerprint density at radius 2 is 1.83 bits per heavy atom. The molecule has 0 aliphatic rings. The van der Waals surface area contributed by atoms with Crippen LogP contribution >= 0.6 is 12.4 Å². The van der Waals surface area contributed by atoms with Crippen LogP contribution in [0.15, 0.2) is 24.8 Å². The zero-order valence-electron chi connectivity index (χ0n) is 10.7. The zero-order valence-corrected chi connectivity index (χ0v) is 11.5. The quantitative estimate of drug-likeness (QED) is 0.782. The van der Waals surface area contributed by atoms with E-state index in [1.165, 1.54) is 14.2 Å². The molecule has 1 rings (SSSR count). The number of hydrogen-bond acceptors (Lipinski definition) is 4. The normalized spacial score (nSPS) is 11.3. The minimum Gasteiger partial charge on any atom is -0.502 e. The van der Waals surface area contributed by atoms with Crippen LogP contribution in [0.2, 0.25) is 0 Å². The summed E-state index contributed by atoms with van der Waals surface area (Å²) in [5.41, 5.74) is 6.91. The molecule has 0 aliphatic carbocycles. The largest absolute Gasteiger partial charge is 0.502 e. The zero-order chi connectivity index (χ0) is 12.8.